The Hall–Kier alpha value is -1.49. The molecule has 16 heavy (non-hydrogen) atoms. The van der Waals surface area contributed by atoms with Gasteiger partial charge in [-0.3, -0.25) is 15.1 Å². The molecule has 0 fully saturated rings. The third-order valence-corrected chi connectivity index (χ3v) is 2.62. The van der Waals surface area contributed by atoms with Crippen LogP contribution in [0.2, 0.25) is 0 Å². The molecule has 0 saturated carbocycles. The van der Waals surface area contributed by atoms with Gasteiger partial charge in [0.15, 0.2) is 0 Å². The number of pyridine rings is 1. The number of rotatable bonds is 5. The van der Waals surface area contributed by atoms with Crippen molar-refractivity contribution >= 4 is 5.69 Å². The highest BCUT2D eigenvalue weighted by Crippen LogP contribution is 2.12. The van der Waals surface area contributed by atoms with Gasteiger partial charge in [0.2, 0.25) is 0 Å². The molecule has 0 aliphatic carbocycles. The molecule has 1 N–H and O–H groups in total. The van der Waals surface area contributed by atoms with Crippen LogP contribution in [0.4, 0.5) is 5.69 Å². The van der Waals surface area contributed by atoms with Crippen LogP contribution in [0.25, 0.3) is 0 Å². The molecule has 1 heterocycles. The first-order valence-electron chi connectivity index (χ1n) is 5.31. The van der Waals surface area contributed by atoms with Gasteiger partial charge < -0.3 is 5.32 Å². The summed E-state index contributed by atoms with van der Waals surface area (Å²) in [5.74, 6) is 0.502. The summed E-state index contributed by atoms with van der Waals surface area (Å²) in [7, 11) is 1.91. The van der Waals surface area contributed by atoms with Crippen LogP contribution in [-0.2, 0) is 6.42 Å². The Labute approximate surface area is 95.0 Å². The molecular weight excluding hydrogens is 206 g/mol. The Morgan fingerprint density at radius 3 is 2.56 bits per heavy atom. The van der Waals surface area contributed by atoms with E-state index in [2.05, 4.69) is 24.1 Å². The Kier molecular flexibility index (Phi) is 4.37. The molecule has 0 aliphatic rings. The molecule has 5 heteroatoms. The number of nitro groups is 1. The fourth-order valence-electron chi connectivity index (χ4n) is 1.54. The van der Waals surface area contributed by atoms with Gasteiger partial charge in [-0.05, 0) is 19.0 Å². The van der Waals surface area contributed by atoms with Crippen LogP contribution in [-0.4, -0.2) is 23.0 Å². The van der Waals surface area contributed by atoms with E-state index in [1.807, 2.05) is 7.05 Å². The average molecular weight is 223 g/mol. The van der Waals surface area contributed by atoms with Crippen LogP contribution in [0, 0.1) is 16.0 Å². The summed E-state index contributed by atoms with van der Waals surface area (Å²) < 4.78 is 0. The molecule has 5 nitrogen and oxygen atoms in total. The molecule has 0 radical (unpaired) electrons. The van der Waals surface area contributed by atoms with E-state index in [0.29, 0.717) is 12.0 Å². The highest BCUT2D eigenvalue weighted by molar-refractivity contribution is 5.26. The van der Waals surface area contributed by atoms with Crippen molar-refractivity contribution in [1.29, 1.82) is 0 Å². The molecule has 0 spiro atoms. The van der Waals surface area contributed by atoms with Crippen LogP contribution in [0.15, 0.2) is 18.3 Å². The van der Waals surface area contributed by atoms with Crippen molar-refractivity contribution in [3.05, 3.63) is 34.1 Å². The Balaban J connectivity index is 2.71. The van der Waals surface area contributed by atoms with Gasteiger partial charge in [-0.2, -0.15) is 0 Å². The van der Waals surface area contributed by atoms with E-state index in [-0.39, 0.29) is 5.69 Å². The van der Waals surface area contributed by atoms with Crippen molar-refractivity contribution in [2.24, 2.45) is 5.92 Å². The van der Waals surface area contributed by atoms with Crippen LogP contribution < -0.4 is 5.32 Å². The van der Waals surface area contributed by atoms with Crippen molar-refractivity contribution in [2.45, 2.75) is 26.3 Å². The predicted molar refractivity (Wildman–Crippen MR) is 62.3 cm³/mol. The zero-order valence-electron chi connectivity index (χ0n) is 9.80. The third-order valence-electron chi connectivity index (χ3n) is 2.62. The quantitative estimate of drug-likeness (QED) is 0.610. The first kappa shape index (κ1) is 12.6. The molecule has 1 aromatic rings. The zero-order chi connectivity index (χ0) is 12.1. The fourth-order valence-corrected chi connectivity index (χ4v) is 1.54. The summed E-state index contributed by atoms with van der Waals surface area (Å²) in [6, 6.07) is 3.55. The largest absolute Gasteiger partial charge is 0.316 e. The molecule has 0 saturated heterocycles. The third kappa shape index (κ3) is 3.27. The minimum absolute atomic E-state index is 0.0364. The number of hydrogen-bond acceptors (Lipinski definition) is 4. The molecule has 1 atom stereocenters. The van der Waals surface area contributed by atoms with Gasteiger partial charge in [-0.1, -0.05) is 13.8 Å². The molecule has 0 amide bonds. The maximum atomic E-state index is 10.5. The molecule has 88 valence electrons. The maximum absolute atomic E-state index is 10.5. The van der Waals surface area contributed by atoms with Crippen molar-refractivity contribution in [2.75, 3.05) is 7.05 Å². The van der Waals surface area contributed by atoms with Gasteiger partial charge in [-0.15, -0.1) is 0 Å². The first-order chi connectivity index (χ1) is 7.54. The van der Waals surface area contributed by atoms with Crippen molar-refractivity contribution in [1.82, 2.24) is 10.3 Å². The van der Waals surface area contributed by atoms with Crippen LogP contribution in [0.5, 0.6) is 0 Å². The number of nitrogens with zero attached hydrogens (tertiary/aromatic N) is 2. The first-order valence-corrected chi connectivity index (χ1v) is 5.31. The van der Waals surface area contributed by atoms with E-state index in [4.69, 9.17) is 0 Å². The maximum Gasteiger partial charge on any atom is 0.287 e. The molecule has 0 aromatic carbocycles. The lowest BCUT2D eigenvalue weighted by Gasteiger charge is -2.19. The van der Waals surface area contributed by atoms with Crippen LogP contribution >= 0.6 is 0 Å². The molecule has 1 rings (SSSR count). The Morgan fingerprint density at radius 2 is 2.19 bits per heavy atom. The highest BCUT2D eigenvalue weighted by Gasteiger charge is 2.13. The van der Waals surface area contributed by atoms with Crippen molar-refractivity contribution < 1.29 is 4.92 Å². The Morgan fingerprint density at radius 1 is 1.50 bits per heavy atom. The summed E-state index contributed by atoms with van der Waals surface area (Å²) in [5, 5.41) is 13.7. The van der Waals surface area contributed by atoms with Gasteiger partial charge in [-0.25, -0.2) is 0 Å². The van der Waals surface area contributed by atoms with E-state index >= 15 is 0 Å². The predicted octanol–water partition coefficient (Wildman–Crippen LogP) is 1.78. The Bertz CT molecular complexity index is 349. The number of likely N-dealkylation sites (N-methyl/N-ethyl adjacent to an activating group) is 1. The molecule has 1 unspecified atom stereocenters. The standard InChI is InChI=1S/C11H17N3O2/c1-8(2)11(12-3)6-9-4-5-10(7-13-9)14(15)16/h4-5,7-8,11-12H,6H2,1-3H3. The smallest absolute Gasteiger partial charge is 0.287 e. The summed E-state index contributed by atoms with van der Waals surface area (Å²) in [6.07, 6.45) is 2.09. The van der Waals surface area contributed by atoms with Crippen LogP contribution in [0.1, 0.15) is 19.5 Å². The second-order valence-corrected chi connectivity index (χ2v) is 4.11. The van der Waals surface area contributed by atoms with Gasteiger partial charge in [0.1, 0.15) is 6.20 Å². The zero-order valence-corrected chi connectivity index (χ0v) is 9.80. The topological polar surface area (TPSA) is 68.1 Å². The minimum atomic E-state index is -0.436. The number of aromatic nitrogens is 1. The summed E-state index contributed by atoms with van der Waals surface area (Å²) >= 11 is 0. The number of hydrogen-bond donors (Lipinski definition) is 1. The molecule has 0 bridgehead atoms. The summed E-state index contributed by atoms with van der Waals surface area (Å²) in [4.78, 5) is 14.1. The molecular formula is C11H17N3O2. The normalized spacial score (nSPS) is 12.8. The monoisotopic (exact) mass is 223 g/mol. The SMILES string of the molecule is CNC(Cc1ccc([N+](=O)[O-])cn1)C(C)C. The highest BCUT2D eigenvalue weighted by atomic mass is 16.6. The second-order valence-electron chi connectivity index (χ2n) is 4.11. The van der Waals surface area contributed by atoms with Gasteiger partial charge in [0.05, 0.1) is 4.92 Å². The van der Waals surface area contributed by atoms with Gasteiger partial charge >= 0.3 is 0 Å². The fraction of sp³-hybridized carbons (Fsp3) is 0.545. The van der Waals surface area contributed by atoms with Crippen molar-refractivity contribution in [3.63, 3.8) is 0 Å². The van der Waals surface area contributed by atoms with E-state index < -0.39 is 4.92 Å². The van der Waals surface area contributed by atoms with Crippen LogP contribution in [0.3, 0.4) is 0 Å². The van der Waals surface area contributed by atoms with E-state index in [0.717, 1.165) is 12.1 Å². The lowest BCUT2D eigenvalue weighted by molar-refractivity contribution is -0.385. The van der Waals surface area contributed by atoms with Crippen molar-refractivity contribution in [3.8, 4) is 0 Å². The molecule has 0 aliphatic heterocycles. The van der Waals surface area contributed by atoms with E-state index in [1.54, 1.807) is 6.07 Å². The van der Waals surface area contributed by atoms with E-state index in [1.165, 1.54) is 12.3 Å². The van der Waals surface area contributed by atoms with E-state index in [9.17, 15) is 10.1 Å². The molecule has 1 aromatic heterocycles. The minimum Gasteiger partial charge on any atom is -0.316 e. The van der Waals surface area contributed by atoms with Gasteiger partial charge in [0.25, 0.3) is 5.69 Å². The second kappa shape index (κ2) is 5.55. The average Bonchev–Trinajstić information content (AvgIpc) is 2.26. The summed E-state index contributed by atoms with van der Waals surface area (Å²) in [5.41, 5.74) is 0.910. The lowest BCUT2D eigenvalue weighted by atomic mass is 9.99. The van der Waals surface area contributed by atoms with Gasteiger partial charge in [0, 0.05) is 24.2 Å². The number of nitrogens with one attached hydrogen (secondary N) is 1. The summed E-state index contributed by atoms with van der Waals surface area (Å²) in [6.45, 7) is 4.26. The lowest BCUT2D eigenvalue weighted by Crippen LogP contribution is -2.32.